The monoisotopic (exact) mass is 668 g/mol. The van der Waals surface area contributed by atoms with E-state index in [1.807, 2.05) is 101 Å². The largest absolute Gasteiger partial charge is 0.386 e. The number of carbonyl (C=O) groups excluding carboxylic acids is 4. The summed E-state index contributed by atoms with van der Waals surface area (Å²) in [5, 5.41) is 0. The number of amides is 2. The first kappa shape index (κ1) is 35.4. The number of esters is 2. The van der Waals surface area contributed by atoms with Gasteiger partial charge in [-0.2, -0.15) is 0 Å². The smallest absolute Gasteiger partial charge is 0.346 e. The van der Waals surface area contributed by atoms with Crippen LogP contribution in [0.5, 0.6) is 0 Å². The van der Waals surface area contributed by atoms with Crippen molar-refractivity contribution in [3.63, 3.8) is 0 Å². The number of benzene rings is 5. The summed E-state index contributed by atoms with van der Waals surface area (Å²) in [6.07, 6.45) is 0. The van der Waals surface area contributed by atoms with Crippen LogP contribution in [0.3, 0.4) is 0 Å². The Balaban J connectivity index is 0.000000181. The van der Waals surface area contributed by atoms with Crippen molar-refractivity contribution in [2.75, 3.05) is 0 Å². The van der Waals surface area contributed by atoms with Crippen LogP contribution in [-0.2, 0) is 44.0 Å². The average molecular weight is 669 g/mol. The summed E-state index contributed by atoms with van der Waals surface area (Å²) in [4.78, 5) is 50.6. The van der Waals surface area contributed by atoms with Gasteiger partial charge in [-0.3, -0.25) is 9.59 Å². The normalized spacial score (nSPS) is 13.6. The van der Waals surface area contributed by atoms with Crippen molar-refractivity contribution in [3.05, 3.63) is 177 Å². The molecule has 0 saturated carbocycles. The third-order valence-corrected chi connectivity index (χ3v) is 8.55. The van der Waals surface area contributed by atoms with E-state index < -0.39 is 11.9 Å². The Labute approximate surface area is 292 Å². The van der Waals surface area contributed by atoms with E-state index in [2.05, 4.69) is 10.8 Å². The van der Waals surface area contributed by atoms with Crippen molar-refractivity contribution in [1.29, 1.82) is 0 Å². The maximum Gasteiger partial charge on any atom is 0.346 e. The van der Waals surface area contributed by atoms with Gasteiger partial charge in [0.15, 0.2) is 0 Å². The molecule has 5 aromatic rings. The maximum atomic E-state index is 12.6. The first-order valence-electron chi connectivity index (χ1n) is 16.0. The first-order chi connectivity index (χ1) is 23.8. The number of nitrogens with zero attached hydrogens (tertiary/aromatic N) is 2. The summed E-state index contributed by atoms with van der Waals surface area (Å²) in [6, 6.07) is 38.3. The number of cyclic esters (lactones) is 2. The van der Waals surface area contributed by atoms with E-state index in [-0.39, 0.29) is 19.2 Å². The number of nitrogens with two attached hydrogens (primary N) is 2. The molecule has 0 aromatic heterocycles. The molecule has 0 atom stereocenters. The van der Waals surface area contributed by atoms with Crippen LogP contribution in [0.15, 0.2) is 121 Å². The van der Waals surface area contributed by atoms with E-state index in [1.54, 1.807) is 24.3 Å². The zero-order valence-electron chi connectivity index (χ0n) is 26.9. The van der Waals surface area contributed by atoms with E-state index in [9.17, 15) is 19.2 Å². The molecular weight excluding hydrogens is 628 g/mol. The molecule has 9 heteroatoms. The molecule has 4 N–H and O–H groups in total. The molecule has 50 heavy (non-hydrogen) atoms. The van der Waals surface area contributed by atoms with Crippen LogP contribution in [0.1, 0.15) is 82.2 Å². The van der Waals surface area contributed by atoms with Crippen LogP contribution in [-0.4, -0.2) is 33.6 Å². The predicted octanol–water partition coefficient (Wildman–Crippen LogP) is 6.24. The lowest BCUT2D eigenvalue weighted by Gasteiger charge is -2.18. The van der Waals surface area contributed by atoms with Gasteiger partial charge in [0, 0.05) is 50.4 Å². The van der Waals surface area contributed by atoms with Gasteiger partial charge >= 0.3 is 11.9 Å². The molecule has 9 nitrogen and oxygen atoms in total. The highest BCUT2D eigenvalue weighted by atomic mass is 16.6. The van der Waals surface area contributed by atoms with Gasteiger partial charge in [-0.25, -0.2) is 9.59 Å². The zero-order chi connectivity index (χ0) is 34.3. The van der Waals surface area contributed by atoms with Crippen molar-refractivity contribution in [1.82, 2.24) is 9.80 Å². The second-order valence-electron chi connectivity index (χ2n) is 11.9. The van der Waals surface area contributed by atoms with Crippen LogP contribution in [0, 0.1) is 0 Å². The van der Waals surface area contributed by atoms with Crippen LogP contribution in [0.4, 0.5) is 0 Å². The summed E-state index contributed by atoms with van der Waals surface area (Å²) in [7, 11) is 0. The van der Waals surface area contributed by atoms with Gasteiger partial charge in [0.1, 0.15) is 0 Å². The molecule has 0 unspecified atom stereocenters. The highest BCUT2D eigenvalue weighted by molar-refractivity contribution is 6.14. The minimum absolute atomic E-state index is 0. The summed E-state index contributed by atoms with van der Waals surface area (Å²) < 4.78 is 4.35. The summed E-state index contributed by atoms with van der Waals surface area (Å²) in [5.41, 5.74) is 19.8. The number of hydrogen-bond donors (Lipinski definition) is 2. The van der Waals surface area contributed by atoms with Crippen molar-refractivity contribution < 1.29 is 23.9 Å². The molecular formula is C41H40N4O5. The van der Waals surface area contributed by atoms with Crippen molar-refractivity contribution in [2.45, 2.75) is 46.7 Å². The SMILES string of the molecule is C.NCc1cccc(CN)c1.O=C1OC(=O)c2ccccc21.O=C1c2ccccc2CN1Cc1cccc(CN2Cc3ccccc3C2=O)c1. The fourth-order valence-electron chi connectivity index (χ4n) is 6.07. The Kier molecular flexibility index (Phi) is 11.3. The van der Waals surface area contributed by atoms with Crippen molar-refractivity contribution >= 4 is 23.8 Å². The molecule has 0 radical (unpaired) electrons. The first-order valence-corrected chi connectivity index (χ1v) is 16.0. The zero-order valence-corrected chi connectivity index (χ0v) is 26.9. The number of ether oxygens (including phenoxy) is 1. The fraction of sp³-hybridized carbons (Fsp3) is 0.171. The minimum Gasteiger partial charge on any atom is -0.386 e. The Morgan fingerprint density at radius 2 is 0.840 bits per heavy atom. The second kappa shape index (κ2) is 16.0. The molecule has 0 spiro atoms. The molecule has 0 fully saturated rings. The lowest BCUT2D eigenvalue weighted by atomic mass is 10.1. The predicted molar refractivity (Wildman–Crippen MR) is 192 cm³/mol. The van der Waals surface area contributed by atoms with E-state index >= 15 is 0 Å². The number of carbonyl (C=O) groups is 4. The van der Waals surface area contributed by atoms with Gasteiger partial charge in [0.2, 0.25) is 0 Å². The van der Waals surface area contributed by atoms with E-state index in [0.29, 0.717) is 50.4 Å². The summed E-state index contributed by atoms with van der Waals surface area (Å²) in [5.74, 6) is -0.923. The average Bonchev–Trinajstić information content (AvgIpc) is 3.74. The van der Waals surface area contributed by atoms with Gasteiger partial charge in [-0.05, 0) is 57.6 Å². The van der Waals surface area contributed by atoms with Crippen molar-refractivity contribution in [3.8, 4) is 0 Å². The maximum absolute atomic E-state index is 12.6. The van der Waals surface area contributed by atoms with Crippen LogP contribution in [0.2, 0.25) is 0 Å². The Morgan fingerprint density at radius 1 is 0.480 bits per heavy atom. The summed E-state index contributed by atoms with van der Waals surface area (Å²) in [6.45, 7) is 3.64. The molecule has 3 heterocycles. The van der Waals surface area contributed by atoms with Gasteiger partial charge < -0.3 is 26.0 Å². The van der Waals surface area contributed by atoms with Gasteiger partial charge in [0.25, 0.3) is 11.8 Å². The van der Waals surface area contributed by atoms with E-state index in [4.69, 9.17) is 11.5 Å². The van der Waals surface area contributed by atoms with Crippen LogP contribution < -0.4 is 11.5 Å². The fourth-order valence-corrected chi connectivity index (χ4v) is 6.07. The molecule has 3 aliphatic rings. The van der Waals surface area contributed by atoms with E-state index in [0.717, 1.165) is 44.5 Å². The Hall–Kier alpha value is -5.90. The molecule has 0 saturated heterocycles. The molecule has 5 aromatic carbocycles. The molecule has 0 aliphatic carbocycles. The van der Waals surface area contributed by atoms with Gasteiger partial charge in [-0.1, -0.05) is 104 Å². The third kappa shape index (κ3) is 7.86. The Morgan fingerprint density at radius 3 is 1.24 bits per heavy atom. The van der Waals surface area contributed by atoms with Crippen LogP contribution >= 0.6 is 0 Å². The van der Waals surface area contributed by atoms with Gasteiger partial charge in [0.05, 0.1) is 11.1 Å². The third-order valence-electron chi connectivity index (χ3n) is 8.55. The van der Waals surface area contributed by atoms with Gasteiger partial charge in [-0.15, -0.1) is 0 Å². The molecule has 254 valence electrons. The molecule has 3 aliphatic heterocycles. The van der Waals surface area contributed by atoms with E-state index in [1.165, 1.54) is 0 Å². The molecule has 0 bridgehead atoms. The quantitative estimate of drug-likeness (QED) is 0.162. The van der Waals surface area contributed by atoms with Crippen molar-refractivity contribution in [2.24, 2.45) is 11.5 Å². The lowest BCUT2D eigenvalue weighted by Crippen LogP contribution is -2.24. The lowest BCUT2D eigenvalue weighted by molar-refractivity contribution is 0.0443. The topological polar surface area (TPSA) is 136 Å². The highest BCUT2D eigenvalue weighted by Gasteiger charge is 2.29. The Bertz CT molecular complexity index is 1910. The number of fused-ring (bicyclic) bond motifs is 3. The molecule has 8 rings (SSSR count). The minimum atomic E-state index is -0.550. The standard InChI is InChI=1S/C24H20N2O2.C8H12N2.C8H4O3.CH4/c27-23-21-10-3-1-8-19(21)15-25(23)13-17-6-5-7-18(12-17)14-26-16-20-9-2-4-11-22(20)24(26)28;9-5-7-2-1-3-8(4-7)6-10;9-7-5-3-1-2-4-6(5)8(10)11-7;/h1-12H,13-16H2;1-4H,5-6,9-10H2;1-4H;1H4. The highest BCUT2D eigenvalue weighted by Crippen LogP contribution is 2.26. The molecule has 2 amide bonds. The number of hydrogen-bond acceptors (Lipinski definition) is 7. The second-order valence-corrected chi connectivity index (χ2v) is 11.9. The summed E-state index contributed by atoms with van der Waals surface area (Å²) >= 11 is 0. The number of rotatable bonds is 6. The van der Waals surface area contributed by atoms with Crippen LogP contribution in [0.25, 0.3) is 0 Å².